The number of benzene rings is 7. The van der Waals surface area contributed by atoms with Crippen LogP contribution >= 0.6 is 0 Å². The van der Waals surface area contributed by atoms with Crippen molar-refractivity contribution in [3.05, 3.63) is 90.0 Å². The number of hydrogen-bond donors (Lipinski definition) is 1. The first-order chi connectivity index (χ1) is 15.7. The highest BCUT2D eigenvalue weighted by Crippen LogP contribution is 2.46. The van der Waals surface area contributed by atoms with Gasteiger partial charge in [-0.2, -0.15) is 0 Å². The van der Waals surface area contributed by atoms with E-state index in [0.29, 0.717) is 0 Å². The Hall–Kier alpha value is -4.01. The molecule has 0 heterocycles. The smallest absolute Gasteiger partial charge is 0.184 e. The molecule has 2 nitrogen and oxygen atoms in total. The van der Waals surface area contributed by atoms with Crippen molar-refractivity contribution in [2.75, 3.05) is 0 Å². The molecule has 1 unspecified atom stereocenters. The van der Waals surface area contributed by atoms with E-state index in [4.69, 9.17) is 5.73 Å². The summed E-state index contributed by atoms with van der Waals surface area (Å²) in [4.78, 5) is 12.9. The van der Waals surface area contributed by atoms with Crippen LogP contribution in [0.5, 0.6) is 0 Å². The summed E-state index contributed by atoms with van der Waals surface area (Å²) in [6.45, 7) is 0. The van der Waals surface area contributed by atoms with E-state index in [0.717, 1.165) is 21.9 Å². The molecule has 0 saturated carbocycles. The fourth-order valence-electron chi connectivity index (χ4n) is 6.01. The number of carbonyl (C=O) groups excluding carboxylic acids is 1. The highest BCUT2D eigenvalue weighted by molar-refractivity contribution is 6.39. The van der Waals surface area contributed by atoms with Crippen molar-refractivity contribution < 1.29 is 4.79 Å². The van der Waals surface area contributed by atoms with Crippen molar-refractivity contribution in [2.24, 2.45) is 5.73 Å². The molecule has 0 fully saturated rings. The van der Waals surface area contributed by atoms with Gasteiger partial charge in [0.25, 0.3) is 0 Å². The molecule has 2 N–H and O–H groups in total. The minimum Gasteiger partial charge on any atom is -0.318 e. The van der Waals surface area contributed by atoms with Gasteiger partial charge < -0.3 is 5.73 Å². The number of ketones is 1. The van der Waals surface area contributed by atoms with E-state index in [1.165, 1.54) is 53.9 Å². The number of hydrogen-bond acceptors (Lipinski definition) is 2. The average molecular weight is 407 g/mol. The van der Waals surface area contributed by atoms with E-state index < -0.39 is 6.04 Å². The van der Waals surface area contributed by atoms with Crippen LogP contribution in [0, 0.1) is 0 Å². The maximum atomic E-state index is 12.9. The molecule has 0 spiro atoms. The first-order valence-corrected chi connectivity index (χ1v) is 11.0. The van der Waals surface area contributed by atoms with Crippen molar-refractivity contribution >= 4 is 76.5 Å². The second kappa shape index (κ2) is 5.42. The molecule has 32 heavy (non-hydrogen) atoms. The van der Waals surface area contributed by atoms with Crippen LogP contribution in [-0.4, -0.2) is 11.8 Å². The number of nitrogens with two attached hydrogens (primary N) is 1. The molecule has 0 aromatic heterocycles. The molecule has 1 aliphatic rings. The molecule has 0 bridgehead atoms. The fraction of sp³-hybridized carbons (Fsp3) is 0.0333. The SMILES string of the molecule is NC1C=Cc2c(cc3ccc4cc5c6ccccc6cc6ccc7cc2c3c4c7c65)C1=O. The predicted molar refractivity (Wildman–Crippen MR) is 135 cm³/mol. The van der Waals surface area contributed by atoms with Crippen LogP contribution in [0.15, 0.2) is 78.9 Å². The van der Waals surface area contributed by atoms with Crippen LogP contribution in [0.25, 0.3) is 70.7 Å². The second-order valence-corrected chi connectivity index (χ2v) is 9.06. The molecule has 0 radical (unpaired) electrons. The molecule has 1 atom stereocenters. The minimum atomic E-state index is -0.561. The third-order valence-electron chi connectivity index (χ3n) is 7.41. The van der Waals surface area contributed by atoms with Crippen LogP contribution in [-0.2, 0) is 0 Å². The molecule has 148 valence electrons. The summed E-state index contributed by atoms with van der Waals surface area (Å²) < 4.78 is 0. The number of rotatable bonds is 0. The minimum absolute atomic E-state index is 0.00334. The van der Waals surface area contributed by atoms with E-state index in [-0.39, 0.29) is 5.78 Å². The van der Waals surface area contributed by atoms with E-state index in [1.54, 1.807) is 0 Å². The van der Waals surface area contributed by atoms with Gasteiger partial charge in [-0.25, -0.2) is 0 Å². The van der Waals surface area contributed by atoms with Crippen molar-refractivity contribution in [1.29, 1.82) is 0 Å². The molecule has 0 saturated heterocycles. The lowest BCUT2D eigenvalue weighted by Gasteiger charge is -2.22. The van der Waals surface area contributed by atoms with Crippen molar-refractivity contribution in [2.45, 2.75) is 6.04 Å². The Morgan fingerprint density at radius 3 is 2.00 bits per heavy atom. The first-order valence-electron chi connectivity index (χ1n) is 11.0. The van der Waals surface area contributed by atoms with Gasteiger partial charge in [0.05, 0.1) is 6.04 Å². The highest BCUT2D eigenvalue weighted by atomic mass is 16.1. The number of Topliss-reactive ketones (excluding diaryl/α,β-unsaturated/α-hetero) is 1. The molecule has 2 heteroatoms. The van der Waals surface area contributed by atoms with Crippen molar-refractivity contribution in [3.8, 4) is 0 Å². The summed E-state index contributed by atoms with van der Waals surface area (Å²) in [7, 11) is 0. The zero-order valence-electron chi connectivity index (χ0n) is 17.1. The number of carbonyl (C=O) groups is 1. The zero-order chi connectivity index (χ0) is 21.1. The van der Waals surface area contributed by atoms with E-state index in [1.807, 2.05) is 18.2 Å². The molecular formula is C30H17NO. The molecular weight excluding hydrogens is 390 g/mol. The monoisotopic (exact) mass is 407 g/mol. The Balaban J connectivity index is 1.69. The van der Waals surface area contributed by atoms with E-state index >= 15 is 0 Å². The van der Waals surface area contributed by atoms with E-state index in [2.05, 4.69) is 66.7 Å². The quantitative estimate of drug-likeness (QED) is 0.217. The normalized spacial score (nSPS) is 16.5. The Morgan fingerprint density at radius 1 is 0.594 bits per heavy atom. The Morgan fingerprint density at radius 2 is 1.22 bits per heavy atom. The average Bonchev–Trinajstić information content (AvgIpc) is 2.83. The van der Waals surface area contributed by atoms with Crippen LogP contribution in [0.3, 0.4) is 0 Å². The summed E-state index contributed by atoms with van der Waals surface area (Å²) in [5, 5.41) is 15.0. The second-order valence-electron chi connectivity index (χ2n) is 9.06. The zero-order valence-corrected chi connectivity index (χ0v) is 17.1. The predicted octanol–water partition coefficient (Wildman–Crippen LogP) is 7.02. The highest BCUT2D eigenvalue weighted by Gasteiger charge is 2.25. The lowest BCUT2D eigenvalue weighted by molar-refractivity contribution is 0.0977. The Bertz CT molecular complexity index is 1960. The fourth-order valence-corrected chi connectivity index (χ4v) is 6.01. The molecule has 0 amide bonds. The van der Waals surface area contributed by atoms with Crippen LogP contribution in [0.4, 0.5) is 0 Å². The van der Waals surface area contributed by atoms with Gasteiger partial charge in [-0.15, -0.1) is 0 Å². The summed E-state index contributed by atoms with van der Waals surface area (Å²) in [6.07, 6.45) is 3.85. The van der Waals surface area contributed by atoms with Gasteiger partial charge in [-0.1, -0.05) is 60.7 Å². The summed E-state index contributed by atoms with van der Waals surface area (Å²) in [6, 6.07) is 25.9. The van der Waals surface area contributed by atoms with Gasteiger partial charge in [-0.3, -0.25) is 4.79 Å². The van der Waals surface area contributed by atoms with Crippen LogP contribution in [0.1, 0.15) is 15.9 Å². The topological polar surface area (TPSA) is 43.1 Å². The summed E-state index contributed by atoms with van der Waals surface area (Å²) >= 11 is 0. The van der Waals surface area contributed by atoms with Crippen molar-refractivity contribution in [1.82, 2.24) is 0 Å². The summed E-state index contributed by atoms with van der Waals surface area (Å²) in [5.41, 5.74) is 7.76. The van der Waals surface area contributed by atoms with Crippen LogP contribution < -0.4 is 5.73 Å². The lowest BCUT2D eigenvalue weighted by atomic mass is 9.81. The Kier molecular flexibility index (Phi) is 2.82. The molecule has 8 rings (SSSR count). The maximum Gasteiger partial charge on any atom is 0.184 e. The van der Waals surface area contributed by atoms with Gasteiger partial charge in [-0.05, 0) is 94.5 Å². The van der Waals surface area contributed by atoms with Gasteiger partial charge in [0.1, 0.15) is 0 Å². The standard InChI is InChI=1S/C30H17NO/c31-25-10-9-21-23-13-19-7-5-16-11-15-3-1-2-4-20(15)22-12-18-8-6-17(14-24(21)30(25)32)27(23)29(18)28(19)26(16)22/h1-14,25H,31H2. The van der Waals surface area contributed by atoms with Crippen molar-refractivity contribution in [3.63, 3.8) is 0 Å². The Labute approximate surface area is 183 Å². The largest absolute Gasteiger partial charge is 0.318 e. The third kappa shape index (κ3) is 1.84. The molecule has 7 aromatic rings. The van der Waals surface area contributed by atoms with Gasteiger partial charge in [0, 0.05) is 5.56 Å². The van der Waals surface area contributed by atoms with Gasteiger partial charge >= 0.3 is 0 Å². The van der Waals surface area contributed by atoms with Crippen LogP contribution in [0.2, 0.25) is 0 Å². The molecule has 1 aliphatic carbocycles. The molecule has 7 aromatic carbocycles. The maximum absolute atomic E-state index is 12.9. The van der Waals surface area contributed by atoms with E-state index in [9.17, 15) is 4.79 Å². The number of fused-ring (bicyclic) bond motifs is 4. The summed E-state index contributed by atoms with van der Waals surface area (Å²) in [5.74, 6) is -0.00334. The van der Waals surface area contributed by atoms with Gasteiger partial charge in [0.15, 0.2) is 5.78 Å². The third-order valence-corrected chi connectivity index (χ3v) is 7.41. The first kappa shape index (κ1) is 16.7. The molecule has 0 aliphatic heterocycles. The van der Waals surface area contributed by atoms with Gasteiger partial charge in [0.2, 0.25) is 0 Å². The lowest BCUT2D eigenvalue weighted by Crippen LogP contribution is -2.30.